The molecule has 6 heteroatoms. The van der Waals surface area contributed by atoms with Gasteiger partial charge in [0.25, 0.3) is 0 Å². The van der Waals surface area contributed by atoms with E-state index in [1.807, 2.05) is 12.2 Å². The van der Waals surface area contributed by atoms with E-state index >= 15 is 0 Å². The third-order valence-corrected chi connectivity index (χ3v) is 4.21. The summed E-state index contributed by atoms with van der Waals surface area (Å²) in [5.41, 5.74) is 5.24. The van der Waals surface area contributed by atoms with Crippen molar-refractivity contribution in [3.63, 3.8) is 0 Å². The van der Waals surface area contributed by atoms with Gasteiger partial charge in [-0.2, -0.15) is 0 Å². The maximum absolute atomic E-state index is 11.6. The Morgan fingerprint density at radius 3 is 2.62 bits per heavy atom. The van der Waals surface area contributed by atoms with Gasteiger partial charge in [0, 0.05) is 6.04 Å². The van der Waals surface area contributed by atoms with E-state index in [0.717, 1.165) is 0 Å². The fourth-order valence-corrected chi connectivity index (χ4v) is 3.19. The minimum Gasteiger partial charge on any atom is -0.369 e. The van der Waals surface area contributed by atoms with E-state index in [0.29, 0.717) is 19.3 Å². The van der Waals surface area contributed by atoms with Crippen LogP contribution in [-0.4, -0.2) is 26.1 Å². The van der Waals surface area contributed by atoms with Crippen LogP contribution in [0.3, 0.4) is 0 Å². The van der Waals surface area contributed by atoms with Crippen molar-refractivity contribution < 1.29 is 13.2 Å². The Morgan fingerprint density at radius 2 is 2.06 bits per heavy atom. The minimum atomic E-state index is -3.29. The second-order valence-electron chi connectivity index (χ2n) is 3.99. The molecule has 5 nitrogen and oxygen atoms in total. The highest BCUT2D eigenvalue weighted by Crippen LogP contribution is 2.19. The summed E-state index contributed by atoms with van der Waals surface area (Å²) >= 11 is 0. The molecule has 1 aliphatic rings. The molecule has 0 radical (unpaired) electrons. The van der Waals surface area contributed by atoms with Crippen LogP contribution in [0.4, 0.5) is 0 Å². The molecule has 0 spiro atoms. The summed E-state index contributed by atoms with van der Waals surface area (Å²) in [6, 6.07) is -0.390. The van der Waals surface area contributed by atoms with E-state index in [9.17, 15) is 13.2 Å². The molecule has 1 rings (SSSR count). The summed E-state index contributed by atoms with van der Waals surface area (Å²) in [7, 11) is -3.29. The van der Waals surface area contributed by atoms with Crippen molar-refractivity contribution in [1.82, 2.24) is 4.72 Å². The minimum absolute atomic E-state index is 0.0820. The number of carbonyl (C=O) groups excluding carboxylic acids is 1. The summed E-state index contributed by atoms with van der Waals surface area (Å²) in [5, 5.41) is 0. The maximum atomic E-state index is 11.6. The summed E-state index contributed by atoms with van der Waals surface area (Å²) in [6.07, 6.45) is 5.32. The zero-order chi connectivity index (χ0) is 12.2. The van der Waals surface area contributed by atoms with Gasteiger partial charge in [0.05, 0.1) is 11.7 Å². The van der Waals surface area contributed by atoms with Crippen molar-refractivity contribution in [2.75, 3.05) is 5.75 Å². The molecule has 3 N–H and O–H groups in total. The molecule has 16 heavy (non-hydrogen) atoms. The standard InChI is InChI=1S/C10H18N2O3S/c1-2-7-16(14,15)12-9-6-4-3-5-8(9)10(11)13/h3-4,8-9,12H,2,5-7H2,1H3,(H2,11,13)/t8-,9-/m1/s1. The molecular weight excluding hydrogens is 228 g/mol. The fraction of sp³-hybridized carbons (Fsp3) is 0.700. The number of sulfonamides is 1. The highest BCUT2D eigenvalue weighted by atomic mass is 32.2. The van der Waals surface area contributed by atoms with E-state index in [1.54, 1.807) is 6.92 Å². The smallest absolute Gasteiger partial charge is 0.222 e. The average molecular weight is 246 g/mol. The summed E-state index contributed by atoms with van der Waals surface area (Å²) in [5.74, 6) is -0.802. The predicted molar refractivity (Wildman–Crippen MR) is 62.1 cm³/mol. The quantitative estimate of drug-likeness (QED) is 0.676. The van der Waals surface area contributed by atoms with E-state index in [-0.39, 0.29) is 11.8 Å². The van der Waals surface area contributed by atoms with Gasteiger partial charge in [-0.05, 0) is 19.3 Å². The van der Waals surface area contributed by atoms with Crippen LogP contribution < -0.4 is 10.5 Å². The van der Waals surface area contributed by atoms with Crippen LogP contribution >= 0.6 is 0 Å². The predicted octanol–water partition coefficient (Wildman–Crippen LogP) is 0.136. The third-order valence-electron chi connectivity index (χ3n) is 2.60. The highest BCUT2D eigenvalue weighted by molar-refractivity contribution is 7.89. The molecule has 0 heterocycles. The van der Waals surface area contributed by atoms with Gasteiger partial charge in [-0.3, -0.25) is 4.79 Å². The number of allylic oxidation sites excluding steroid dienone is 1. The number of primary amides is 1. The van der Waals surface area contributed by atoms with Gasteiger partial charge < -0.3 is 5.73 Å². The molecule has 0 aromatic rings. The van der Waals surface area contributed by atoms with Gasteiger partial charge in [0.1, 0.15) is 0 Å². The number of hydrogen-bond donors (Lipinski definition) is 2. The number of nitrogens with two attached hydrogens (primary N) is 1. The highest BCUT2D eigenvalue weighted by Gasteiger charge is 2.29. The molecule has 1 aliphatic carbocycles. The molecule has 0 saturated heterocycles. The van der Waals surface area contributed by atoms with Gasteiger partial charge in [-0.25, -0.2) is 13.1 Å². The van der Waals surface area contributed by atoms with Gasteiger partial charge in [0.15, 0.2) is 0 Å². The molecule has 0 aromatic carbocycles. The van der Waals surface area contributed by atoms with E-state index < -0.39 is 21.8 Å². The maximum Gasteiger partial charge on any atom is 0.222 e. The first kappa shape index (κ1) is 13.2. The fourth-order valence-electron chi connectivity index (χ4n) is 1.82. The van der Waals surface area contributed by atoms with Crippen molar-refractivity contribution in [3.05, 3.63) is 12.2 Å². The summed E-state index contributed by atoms with van der Waals surface area (Å²) in [4.78, 5) is 11.2. The first-order valence-corrected chi connectivity index (χ1v) is 7.06. The lowest BCUT2D eigenvalue weighted by molar-refractivity contribution is -0.122. The number of rotatable bonds is 5. The monoisotopic (exact) mass is 246 g/mol. The molecule has 0 unspecified atom stereocenters. The molecule has 1 amide bonds. The molecule has 0 bridgehead atoms. The van der Waals surface area contributed by atoms with Crippen molar-refractivity contribution >= 4 is 15.9 Å². The number of nitrogens with one attached hydrogen (secondary N) is 1. The van der Waals surface area contributed by atoms with Crippen molar-refractivity contribution in [3.8, 4) is 0 Å². The molecule has 0 aromatic heterocycles. The topological polar surface area (TPSA) is 89.3 Å². The van der Waals surface area contributed by atoms with E-state index in [2.05, 4.69) is 4.72 Å². The van der Waals surface area contributed by atoms with E-state index in [4.69, 9.17) is 5.73 Å². The van der Waals surface area contributed by atoms with Crippen molar-refractivity contribution in [2.24, 2.45) is 11.7 Å². The number of amides is 1. The first-order chi connectivity index (χ1) is 7.46. The van der Waals surface area contributed by atoms with Crippen LogP contribution in [0.5, 0.6) is 0 Å². The molecule has 0 fully saturated rings. The molecule has 2 atom stereocenters. The second-order valence-corrected chi connectivity index (χ2v) is 5.87. The molecule has 92 valence electrons. The molecular formula is C10H18N2O3S. The lowest BCUT2D eigenvalue weighted by Crippen LogP contribution is -2.46. The van der Waals surface area contributed by atoms with Crippen LogP contribution in [0.2, 0.25) is 0 Å². The van der Waals surface area contributed by atoms with Gasteiger partial charge in [-0.1, -0.05) is 19.1 Å². The average Bonchev–Trinajstić information content (AvgIpc) is 2.17. The summed E-state index contributed by atoms with van der Waals surface area (Å²) < 4.78 is 25.7. The lowest BCUT2D eigenvalue weighted by atomic mass is 9.89. The van der Waals surface area contributed by atoms with Crippen LogP contribution in [0.1, 0.15) is 26.2 Å². The number of hydrogen-bond acceptors (Lipinski definition) is 3. The van der Waals surface area contributed by atoms with Gasteiger partial charge in [-0.15, -0.1) is 0 Å². The van der Waals surface area contributed by atoms with Crippen LogP contribution in [0.15, 0.2) is 12.2 Å². The Hall–Kier alpha value is -0.880. The van der Waals surface area contributed by atoms with E-state index in [1.165, 1.54) is 0 Å². The molecule has 0 aliphatic heterocycles. The van der Waals surface area contributed by atoms with Gasteiger partial charge >= 0.3 is 0 Å². The SMILES string of the molecule is CCCS(=O)(=O)N[C@@H]1CC=CC[C@H]1C(N)=O. The van der Waals surface area contributed by atoms with Crippen LogP contribution in [-0.2, 0) is 14.8 Å². The Morgan fingerprint density at radius 1 is 1.44 bits per heavy atom. The Balaban J connectivity index is 2.71. The first-order valence-electron chi connectivity index (χ1n) is 5.40. The lowest BCUT2D eigenvalue weighted by Gasteiger charge is -2.26. The van der Waals surface area contributed by atoms with Crippen molar-refractivity contribution in [1.29, 1.82) is 0 Å². The Bertz CT molecular complexity index is 376. The molecule has 0 saturated carbocycles. The Kier molecular flexibility index (Phi) is 4.49. The normalized spacial score (nSPS) is 25.6. The van der Waals surface area contributed by atoms with Gasteiger partial charge in [0.2, 0.25) is 15.9 Å². The third kappa shape index (κ3) is 3.61. The Labute approximate surface area is 96.1 Å². The summed E-state index contributed by atoms with van der Waals surface area (Å²) in [6.45, 7) is 1.80. The largest absolute Gasteiger partial charge is 0.369 e. The second kappa shape index (κ2) is 5.45. The van der Waals surface area contributed by atoms with Crippen LogP contribution in [0.25, 0.3) is 0 Å². The zero-order valence-corrected chi connectivity index (χ0v) is 10.2. The van der Waals surface area contributed by atoms with Crippen LogP contribution in [0, 0.1) is 5.92 Å². The number of carbonyl (C=O) groups is 1. The zero-order valence-electron chi connectivity index (χ0n) is 9.35. The van der Waals surface area contributed by atoms with Crippen molar-refractivity contribution in [2.45, 2.75) is 32.2 Å².